The van der Waals surface area contributed by atoms with Crippen LogP contribution in [0.3, 0.4) is 0 Å². The van der Waals surface area contributed by atoms with Gasteiger partial charge in [-0.3, -0.25) is 8.80 Å². The molecule has 0 amide bonds. The van der Waals surface area contributed by atoms with Crippen molar-refractivity contribution < 1.29 is 0 Å². The lowest BCUT2D eigenvalue weighted by Gasteiger charge is -2.09. The Morgan fingerprint density at radius 2 is 0.941 bits per heavy atom. The lowest BCUT2D eigenvalue weighted by atomic mass is 10.1. The summed E-state index contributed by atoms with van der Waals surface area (Å²) in [4.78, 5) is 6.70. The zero-order chi connectivity index (χ0) is 22.2. The number of fused-ring (bicyclic) bond motifs is 8. The van der Waals surface area contributed by atoms with Gasteiger partial charge in [0.1, 0.15) is 0 Å². The highest BCUT2D eigenvalue weighted by Crippen LogP contribution is 2.34. The molecule has 0 atom stereocenters. The molecule has 0 aliphatic rings. The van der Waals surface area contributed by atoms with Crippen molar-refractivity contribution >= 4 is 44.1 Å². The van der Waals surface area contributed by atoms with Crippen molar-refractivity contribution in [3.63, 3.8) is 0 Å². The van der Waals surface area contributed by atoms with Gasteiger partial charge in [-0.1, -0.05) is 48.5 Å². The Morgan fingerprint density at radius 1 is 0.500 bits per heavy atom. The number of hydrogen-bond acceptors (Lipinski definition) is 4. The lowest BCUT2D eigenvalue weighted by Crippen LogP contribution is -2.00. The summed E-state index contributed by atoms with van der Waals surface area (Å²) in [5.41, 5.74) is 7.40. The highest BCUT2D eigenvalue weighted by atomic mass is 15.3. The molecule has 0 fully saturated rings. The van der Waals surface area contributed by atoms with E-state index in [-0.39, 0.29) is 0 Å². The molecule has 8 aromatic rings. The van der Waals surface area contributed by atoms with Crippen LogP contribution in [0.1, 0.15) is 0 Å². The molecule has 0 bridgehead atoms. The maximum Gasteiger partial charge on any atom is 0.207 e. The number of para-hydroxylation sites is 4. The van der Waals surface area contributed by atoms with Crippen LogP contribution in [0.25, 0.3) is 66.9 Å². The van der Waals surface area contributed by atoms with Gasteiger partial charge >= 0.3 is 0 Å². The van der Waals surface area contributed by atoms with Gasteiger partial charge in [0, 0.05) is 45.3 Å². The van der Waals surface area contributed by atoms with Crippen molar-refractivity contribution in [2.45, 2.75) is 0 Å². The number of nitrogens with zero attached hydrogens (tertiary/aromatic N) is 6. The van der Waals surface area contributed by atoms with E-state index in [1.165, 1.54) is 0 Å². The van der Waals surface area contributed by atoms with E-state index in [9.17, 15) is 0 Å². The molecule has 34 heavy (non-hydrogen) atoms. The number of rotatable bonds is 2. The Kier molecular flexibility index (Phi) is 3.25. The number of hydrogen-bond donors (Lipinski definition) is 2. The summed E-state index contributed by atoms with van der Waals surface area (Å²) in [6.45, 7) is 0. The van der Waals surface area contributed by atoms with Gasteiger partial charge in [0.15, 0.2) is 11.6 Å². The van der Waals surface area contributed by atoms with E-state index in [2.05, 4.69) is 75.6 Å². The van der Waals surface area contributed by atoms with Crippen molar-refractivity contribution in [2.24, 2.45) is 0 Å². The number of benzene rings is 3. The fourth-order valence-corrected chi connectivity index (χ4v) is 5.02. The molecular formula is C26H16N8. The molecule has 5 aromatic heterocycles. The molecule has 0 aliphatic heterocycles. The number of aromatic nitrogens is 8. The molecule has 0 radical (unpaired) electrons. The zero-order valence-corrected chi connectivity index (χ0v) is 17.8. The highest BCUT2D eigenvalue weighted by molar-refractivity contribution is 5.98. The third-order valence-corrected chi connectivity index (χ3v) is 6.55. The summed E-state index contributed by atoms with van der Waals surface area (Å²) in [7, 11) is 0. The predicted molar refractivity (Wildman–Crippen MR) is 132 cm³/mol. The molecule has 8 nitrogen and oxygen atoms in total. The van der Waals surface area contributed by atoms with Crippen molar-refractivity contribution in [1.29, 1.82) is 0 Å². The van der Waals surface area contributed by atoms with Gasteiger partial charge in [0.25, 0.3) is 0 Å². The SMILES string of the molecule is c1ccc2c(-c3nnc4c5nnc(-c6c[nH]c7ccccc67)n5c5ccccc5n34)c[nH]c2c1. The lowest BCUT2D eigenvalue weighted by molar-refractivity contribution is 1.11. The van der Waals surface area contributed by atoms with Gasteiger partial charge in [0.05, 0.1) is 11.0 Å². The fourth-order valence-electron chi connectivity index (χ4n) is 5.02. The summed E-state index contributed by atoms with van der Waals surface area (Å²) in [6.07, 6.45) is 3.97. The zero-order valence-electron chi connectivity index (χ0n) is 17.8. The minimum absolute atomic E-state index is 0.664. The van der Waals surface area contributed by atoms with Gasteiger partial charge in [-0.05, 0) is 24.3 Å². The second-order valence-electron chi connectivity index (χ2n) is 8.35. The van der Waals surface area contributed by atoms with Crippen molar-refractivity contribution in [3.8, 4) is 22.8 Å². The normalized spacial score (nSPS) is 12.1. The van der Waals surface area contributed by atoms with Crippen LogP contribution in [-0.4, -0.2) is 39.2 Å². The molecule has 0 saturated heterocycles. The molecule has 0 aliphatic carbocycles. The number of H-pyrrole nitrogens is 2. The molecule has 0 unspecified atom stereocenters. The Morgan fingerprint density at radius 3 is 1.44 bits per heavy atom. The Hall–Kier alpha value is -4.98. The minimum Gasteiger partial charge on any atom is -0.360 e. The maximum absolute atomic E-state index is 4.62. The average Bonchev–Trinajstić information content (AvgIpc) is 3.67. The first-order valence-electron chi connectivity index (χ1n) is 11.0. The first-order valence-corrected chi connectivity index (χ1v) is 11.0. The van der Waals surface area contributed by atoms with E-state index < -0.39 is 0 Å². The summed E-state index contributed by atoms with van der Waals surface area (Å²) in [5.74, 6) is 1.53. The van der Waals surface area contributed by atoms with Gasteiger partial charge < -0.3 is 9.97 Å². The molecule has 5 heterocycles. The Balaban J connectivity index is 1.51. The smallest absolute Gasteiger partial charge is 0.207 e. The monoisotopic (exact) mass is 440 g/mol. The van der Waals surface area contributed by atoms with Crippen LogP contribution >= 0.6 is 0 Å². The quantitative estimate of drug-likeness (QED) is 0.385. The van der Waals surface area contributed by atoms with Gasteiger partial charge in [-0.15, -0.1) is 20.4 Å². The van der Waals surface area contributed by atoms with Crippen LogP contribution < -0.4 is 0 Å². The number of nitrogens with one attached hydrogen (secondary N) is 2. The molecular weight excluding hydrogens is 424 g/mol. The Bertz CT molecular complexity index is 1890. The van der Waals surface area contributed by atoms with E-state index in [0.717, 1.165) is 55.6 Å². The molecule has 8 rings (SSSR count). The first kappa shape index (κ1) is 17.6. The van der Waals surface area contributed by atoms with Crippen LogP contribution in [0.5, 0.6) is 0 Å². The van der Waals surface area contributed by atoms with E-state index in [1.807, 2.05) is 48.8 Å². The molecule has 0 spiro atoms. The fraction of sp³-hybridized carbons (Fsp3) is 0. The van der Waals surface area contributed by atoms with Crippen LogP contribution in [-0.2, 0) is 0 Å². The molecule has 2 N–H and O–H groups in total. The van der Waals surface area contributed by atoms with Gasteiger partial charge in [0.2, 0.25) is 11.3 Å². The summed E-state index contributed by atoms with van der Waals surface area (Å²) < 4.78 is 4.15. The third kappa shape index (κ3) is 2.16. The molecule has 160 valence electrons. The van der Waals surface area contributed by atoms with Crippen molar-refractivity contribution in [1.82, 2.24) is 39.2 Å². The van der Waals surface area contributed by atoms with Crippen LogP contribution in [0.2, 0.25) is 0 Å². The van der Waals surface area contributed by atoms with Crippen LogP contribution in [0.4, 0.5) is 0 Å². The number of aromatic amines is 2. The highest BCUT2D eigenvalue weighted by Gasteiger charge is 2.22. The standard InChI is InChI=1S/C26H16N8/c1-3-9-19-15(7-1)17(13-27-19)23-29-31-25-26-32-30-24(18-14-28-20-10-4-2-8-16(18)20)34(26)22-12-6-5-11-21(22)33(23)25/h1-14,27-28H. The summed E-state index contributed by atoms with van der Waals surface area (Å²) in [5, 5.41) is 20.6. The van der Waals surface area contributed by atoms with Crippen LogP contribution in [0, 0.1) is 0 Å². The van der Waals surface area contributed by atoms with Crippen molar-refractivity contribution in [3.05, 3.63) is 85.2 Å². The topological polar surface area (TPSA) is 92.0 Å². The van der Waals surface area contributed by atoms with E-state index >= 15 is 0 Å². The van der Waals surface area contributed by atoms with E-state index in [0.29, 0.717) is 11.3 Å². The molecule has 3 aromatic carbocycles. The van der Waals surface area contributed by atoms with Gasteiger partial charge in [-0.2, -0.15) is 0 Å². The Labute approximate surface area is 191 Å². The second kappa shape index (κ2) is 6.29. The summed E-state index contributed by atoms with van der Waals surface area (Å²) >= 11 is 0. The molecule has 0 saturated carbocycles. The average molecular weight is 440 g/mol. The van der Waals surface area contributed by atoms with Gasteiger partial charge in [-0.25, -0.2) is 0 Å². The second-order valence-corrected chi connectivity index (χ2v) is 8.35. The van der Waals surface area contributed by atoms with Crippen LogP contribution in [0.15, 0.2) is 85.2 Å². The van der Waals surface area contributed by atoms with E-state index in [1.54, 1.807) is 0 Å². The summed E-state index contributed by atoms with van der Waals surface area (Å²) in [6, 6.07) is 24.6. The maximum atomic E-state index is 4.62. The largest absolute Gasteiger partial charge is 0.360 e. The first-order chi connectivity index (χ1) is 16.9. The predicted octanol–water partition coefficient (Wildman–Crippen LogP) is 5.22. The third-order valence-electron chi connectivity index (χ3n) is 6.55. The van der Waals surface area contributed by atoms with Crippen molar-refractivity contribution in [2.75, 3.05) is 0 Å². The molecule has 8 heteroatoms. The minimum atomic E-state index is 0.664. The van der Waals surface area contributed by atoms with E-state index in [4.69, 9.17) is 0 Å².